The molecule has 1 aliphatic heterocycles. The molecule has 4 heteroatoms. The fourth-order valence-electron chi connectivity index (χ4n) is 0.450. The summed E-state index contributed by atoms with van der Waals surface area (Å²) >= 11 is 0. The Morgan fingerprint density at radius 2 is 2.22 bits per heavy atom. The highest BCUT2D eigenvalue weighted by Crippen LogP contribution is 2.06. The number of hydrogen-bond donors (Lipinski definition) is 0. The van der Waals surface area contributed by atoms with Crippen LogP contribution in [0.1, 0.15) is 6.92 Å². The molecular formula is C5H4N2O2. The molecule has 0 aromatic heterocycles. The topological polar surface area (TPSA) is 58.9 Å². The molecule has 0 fully saturated rings. The van der Waals surface area contributed by atoms with Gasteiger partial charge < -0.3 is 0 Å². The number of carbonyl (C=O) groups is 2. The minimum absolute atomic E-state index is 0.139. The molecule has 1 aliphatic rings. The molecule has 0 spiro atoms. The predicted molar refractivity (Wildman–Crippen MR) is 28.6 cm³/mol. The van der Waals surface area contributed by atoms with E-state index in [1.54, 1.807) is 0 Å². The zero-order valence-electron chi connectivity index (χ0n) is 4.79. The zero-order valence-corrected chi connectivity index (χ0v) is 4.79. The van der Waals surface area contributed by atoms with E-state index in [4.69, 9.17) is 0 Å². The quantitative estimate of drug-likeness (QED) is 0.509. The highest BCUT2D eigenvalue weighted by Gasteiger charge is 2.10. The first kappa shape index (κ1) is 5.81. The van der Waals surface area contributed by atoms with Gasteiger partial charge in [0.05, 0.1) is 0 Å². The summed E-state index contributed by atoms with van der Waals surface area (Å²) in [7, 11) is 0. The number of rotatable bonds is 1. The first-order valence-electron chi connectivity index (χ1n) is 2.38. The van der Waals surface area contributed by atoms with E-state index in [0.29, 0.717) is 0 Å². The molecule has 1 amide bonds. The van der Waals surface area contributed by atoms with Gasteiger partial charge in [-0.1, -0.05) is 0 Å². The fraction of sp³-hybridized carbons (Fsp3) is 0.200. The smallest absolute Gasteiger partial charge is 0.290 e. The summed E-state index contributed by atoms with van der Waals surface area (Å²) < 4.78 is 0. The van der Waals surface area contributed by atoms with Crippen LogP contribution in [0.5, 0.6) is 0 Å². The molecule has 0 bridgehead atoms. The summed E-state index contributed by atoms with van der Waals surface area (Å²) in [6.45, 7) is 1.34. The standard InChI is InChI=1S/C5H4N2O2/c1-3(8)4-2-5(9)7-6-4/h2H,1H3. The molecule has 4 nitrogen and oxygen atoms in total. The summed E-state index contributed by atoms with van der Waals surface area (Å²) in [4.78, 5) is 20.7. The maximum atomic E-state index is 10.4. The van der Waals surface area contributed by atoms with Crippen LogP contribution in [0.15, 0.2) is 22.0 Å². The molecule has 9 heavy (non-hydrogen) atoms. The highest BCUT2D eigenvalue weighted by atomic mass is 16.2. The summed E-state index contributed by atoms with van der Waals surface area (Å²) in [6.07, 6.45) is 1.11. The lowest BCUT2D eigenvalue weighted by atomic mass is 10.3. The van der Waals surface area contributed by atoms with Gasteiger partial charge in [0.25, 0.3) is 5.91 Å². The van der Waals surface area contributed by atoms with E-state index >= 15 is 0 Å². The molecular weight excluding hydrogens is 120 g/mol. The summed E-state index contributed by atoms with van der Waals surface area (Å²) in [5.41, 5.74) is 0.139. The molecule has 0 unspecified atom stereocenters. The van der Waals surface area contributed by atoms with Crippen LogP contribution in [-0.2, 0) is 9.59 Å². The first-order valence-corrected chi connectivity index (χ1v) is 2.38. The van der Waals surface area contributed by atoms with Crippen molar-refractivity contribution >= 4 is 11.7 Å². The van der Waals surface area contributed by atoms with E-state index in [2.05, 4.69) is 10.2 Å². The number of amides is 1. The Balaban J connectivity index is 2.88. The van der Waals surface area contributed by atoms with Gasteiger partial charge in [0.2, 0.25) is 0 Å². The van der Waals surface area contributed by atoms with E-state index in [1.165, 1.54) is 6.92 Å². The van der Waals surface area contributed by atoms with E-state index < -0.39 is 5.91 Å². The van der Waals surface area contributed by atoms with Crippen molar-refractivity contribution in [3.05, 3.63) is 11.8 Å². The molecule has 46 valence electrons. The number of nitrogens with zero attached hydrogens (tertiary/aromatic N) is 2. The summed E-state index contributed by atoms with van der Waals surface area (Å²) in [5, 5.41) is 6.41. The van der Waals surface area contributed by atoms with Gasteiger partial charge in [-0.3, -0.25) is 9.59 Å². The third kappa shape index (κ3) is 1.07. The van der Waals surface area contributed by atoms with Crippen LogP contribution >= 0.6 is 0 Å². The Hall–Kier alpha value is -1.32. The number of ketones is 1. The molecule has 0 saturated carbocycles. The molecule has 1 heterocycles. The number of azo groups is 1. The zero-order chi connectivity index (χ0) is 6.85. The third-order valence-electron chi connectivity index (χ3n) is 0.877. The number of allylic oxidation sites excluding steroid dienone is 1. The van der Waals surface area contributed by atoms with Gasteiger partial charge >= 0.3 is 0 Å². The van der Waals surface area contributed by atoms with Crippen LogP contribution in [0.4, 0.5) is 0 Å². The van der Waals surface area contributed by atoms with Gasteiger partial charge in [-0.25, -0.2) is 0 Å². The largest absolute Gasteiger partial charge is 0.293 e. The Labute approximate surface area is 51.3 Å². The van der Waals surface area contributed by atoms with Crippen molar-refractivity contribution < 1.29 is 9.59 Å². The van der Waals surface area contributed by atoms with Crippen molar-refractivity contribution in [1.82, 2.24) is 0 Å². The van der Waals surface area contributed by atoms with Gasteiger partial charge in [0.1, 0.15) is 5.70 Å². The predicted octanol–water partition coefficient (Wildman–Crippen LogP) is 0.452. The lowest BCUT2D eigenvalue weighted by Gasteiger charge is -1.80. The monoisotopic (exact) mass is 124 g/mol. The molecule has 0 aromatic carbocycles. The SMILES string of the molecule is CC(=O)C1=CC(=O)N=N1. The van der Waals surface area contributed by atoms with Crippen LogP contribution in [0.25, 0.3) is 0 Å². The second kappa shape index (κ2) is 1.89. The average Bonchev–Trinajstić information content (AvgIpc) is 2.14. The molecule has 0 aliphatic carbocycles. The van der Waals surface area contributed by atoms with Crippen molar-refractivity contribution in [2.45, 2.75) is 6.92 Å². The second-order valence-corrected chi connectivity index (χ2v) is 1.62. The Morgan fingerprint density at radius 3 is 2.44 bits per heavy atom. The maximum absolute atomic E-state index is 10.4. The molecule has 0 saturated heterocycles. The van der Waals surface area contributed by atoms with Crippen LogP contribution in [0.2, 0.25) is 0 Å². The normalized spacial score (nSPS) is 16.1. The van der Waals surface area contributed by atoms with E-state index in [9.17, 15) is 9.59 Å². The van der Waals surface area contributed by atoms with Gasteiger partial charge in [0.15, 0.2) is 5.78 Å². The van der Waals surface area contributed by atoms with E-state index in [1.807, 2.05) is 0 Å². The van der Waals surface area contributed by atoms with E-state index in [-0.39, 0.29) is 11.5 Å². The van der Waals surface area contributed by atoms with Crippen LogP contribution < -0.4 is 0 Å². The fourth-order valence-corrected chi connectivity index (χ4v) is 0.450. The lowest BCUT2D eigenvalue weighted by molar-refractivity contribution is -0.115. The van der Waals surface area contributed by atoms with Gasteiger partial charge in [-0.2, -0.15) is 0 Å². The Bertz CT molecular complexity index is 227. The van der Waals surface area contributed by atoms with Crippen molar-refractivity contribution in [2.24, 2.45) is 10.2 Å². The lowest BCUT2D eigenvalue weighted by Crippen LogP contribution is -1.90. The summed E-state index contributed by atoms with van der Waals surface area (Å²) in [5.74, 6) is -0.690. The molecule has 0 radical (unpaired) electrons. The van der Waals surface area contributed by atoms with Gasteiger partial charge in [-0.15, -0.1) is 10.2 Å². The van der Waals surface area contributed by atoms with Crippen LogP contribution in [0, 0.1) is 0 Å². The van der Waals surface area contributed by atoms with Crippen molar-refractivity contribution in [3.63, 3.8) is 0 Å². The first-order chi connectivity index (χ1) is 4.20. The Morgan fingerprint density at radius 1 is 1.56 bits per heavy atom. The molecule has 1 rings (SSSR count). The second-order valence-electron chi connectivity index (χ2n) is 1.62. The van der Waals surface area contributed by atoms with Crippen molar-refractivity contribution in [1.29, 1.82) is 0 Å². The van der Waals surface area contributed by atoms with Crippen molar-refractivity contribution in [3.8, 4) is 0 Å². The minimum Gasteiger partial charge on any atom is -0.293 e. The van der Waals surface area contributed by atoms with E-state index in [0.717, 1.165) is 6.08 Å². The van der Waals surface area contributed by atoms with Crippen LogP contribution in [-0.4, -0.2) is 11.7 Å². The highest BCUT2D eigenvalue weighted by molar-refractivity contribution is 6.02. The molecule has 0 aromatic rings. The Kier molecular flexibility index (Phi) is 1.22. The van der Waals surface area contributed by atoms with Crippen LogP contribution in [0.3, 0.4) is 0 Å². The average molecular weight is 124 g/mol. The van der Waals surface area contributed by atoms with Crippen molar-refractivity contribution in [2.75, 3.05) is 0 Å². The molecule has 0 N–H and O–H groups in total. The van der Waals surface area contributed by atoms with Gasteiger partial charge in [-0.05, 0) is 0 Å². The summed E-state index contributed by atoms with van der Waals surface area (Å²) in [6, 6.07) is 0. The number of Topliss-reactive ketones (excluding diaryl/α,β-unsaturated/α-hetero) is 1. The number of carbonyl (C=O) groups excluding carboxylic acids is 2. The third-order valence-corrected chi connectivity index (χ3v) is 0.877. The van der Waals surface area contributed by atoms with Gasteiger partial charge in [0, 0.05) is 13.0 Å². The maximum Gasteiger partial charge on any atom is 0.290 e. The minimum atomic E-state index is -0.458. The molecule has 0 atom stereocenters. The number of hydrogen-bond acceptors (Lipinski definition) is 3.